The van der Waals surface area contributed by atoms with E-state index in [0.29, 0.717) is 11.8 Å². The third-order valence-electron chi connectivity index (χ3n) is 5.01. The summed E-state index contributed by atoms with van der Waals surface area (Å²) in [6.07, 6.45) is 0. The van der Waals surface area contributed by atoms with Crippen LogP contribution in [0.3, 0.4) is 0 Å². The Morgan fingerprint density at radius 3 is 1.35 bits per heavy atom. The van der Waals surface area contributed by atoms with Crippen molar-refractivity contribution >= 4 is 34.0 Å². The standard InChI is InChI=1S/C18H22Cl2/c1-9-10(2)13(5)18-16(8-20)15(7-19)11(3)14(6)17(18)12(9)4/h7-8H2,1-6H3. The minimum Gasteiger partial charge on any atom is -0.122 e. The van der Waals surface area contributed by atoms with E-state index in [9.17, 15) is 0 Å². The quantitative estimate of drug-likeness (QED) is 0.582. The van der Waals surface area contributed by atoms with Crippen LogP contribution in [-0.4, -0.2) is 0 Å². The number of alkyl halides is 2. The number of hydrogen-bond donors (Lipinski definition) is 0. The first kappa shape index (κ1) is 15.7. The molecule has 0 heterocycles. The van der Waals surface area contributed by atoms with Crippen LogP contribution in [0.1, 0.15) is 44.5 Å². The van der Waals surface area contributed by atoms with Gasteiger partial charge in [-0.2, -0.15) is 0 Å². The highest BCUT2D eigenvalue weighted by Crippen LogP contribution is 2.38. The summed E-state index contributed by atoms with van der Waals surface area (Å²) in [4.78, 5) is 0. The Morgan fingerprint density at radius 1 is 0.500 bits per heavy atom. The van der Waals surface area contributed by atoms with E-state index in [1.165, 1.54) is 55.3 Å². The SMILES string of the molecule is Cc1c(C)c(C)c2c(CCl)c(CCl)c(C)c(C)c2c1C. The molecule has 0 aliphatic carbocycles. The molecule has 0 saturated heterocycles. The Hall–Kier alpha value is -0.720. The molecule has 2 heteroatoms. The molecule has 2 aromatic carbocycles. The van der Waals surface area contributed by atoms with Crippen LogP contribution in [-0.2, 0) is 11.8 Å². The fraction of sp³-hybridized carbons (Fsp3) is 0.444. The zero-order valence-corrected chi connectivity index (χ0v) is 14.7. The second-order valence-electron chi connectivity index (χ2n) is 5.72. The summed E-state index contributed by atoms with van der Waals surface area (Å²) < 4.78 is 0. The Morgan fingerprint density at radius 2 is 0.900 bits per heavy atom. The summed E-state index contributed by atoms with van der Waals surface area (Å²) >= 11 is 12.5. The van der Waals surface area contributed by atoms with Crippen molar-refractivity contribution in [2.75, 3.05) is 0 Å². The summed E-state index contributed by atoms with van der Waals surface area (Å²) in [6, 6.07) is 0. The second-order valence-corrected chi connectivity index (χ2v) is 6.26. The fourth-order valence-corrected chi connectivity index (χ4v) is 3.93. The number of hydrogen-bond acceptors (Lipinski definition) is 0. The number of fused-ring (bicyclic) bond motifs is 1. The van der Waals surface area contributed by atoms with Crippen LogP contribution >= 0.6 is 23.2 Å². The first-order chi connectivity index (χ1) is 9.36. The zero-order valence-electron chi connectivity index (χ0n) is 13.2. The smallest absolute Gasteiger partial charge is 0.0483 e. The molecule has 108 valence electrons. The highest BCUT2D eigenvalue weighted by molar-refractivity contribution is 6.20. The van der Waals surface area contributed by atoms with E-state index < -0.39 is 0 Å². The zero-order chi connectivity index (χ0) is 15.2. The Bertz CT molecular complexity index is 697. The Labute approximate surface area is 132 Å². The number of benzene rings is 2. The lowest BCUT2D eigenvalue weighted by atomic mass is 9.83. The second kappa shape index (κ2) is 5.58. The van der Waals surface area contributed by atoms with Gasteiger partial charge in [0.15, 0.2) is 0 Å². The minimum atomic E-state index is 0.516. The molecule has 2 rings (SSSR count). The number of halogens is 2. The van der Waals surface area contributed by atoms with Crippen molar-refractivity contribution in [3.05, 3.63) is 44.5 Å². The lowest BCUT2D eigenvalue weighted by Crippen LogP contribution is -2.04. The van der Waals surface area contributed by atoms with Gasteiger partial charge in [0, 0.05) is 11.8 Å². The average molecular weight is 309 g/mol. The van der Waals surface area contributed by atoms with E-state index in [0.717, 1.165) is 0 Å². The molecule has 0 aliphatic heterocycles. The first-order valence-corrected chi connectivity index (χ1v) is 8.06. The third-order valence-corrected chi connectivity index (χ3v) is 5.55. The maximum atomic E-state index is 6.27. The molecule has 0 unspecified atom stereocenters. The monoisotopic (exact) mass is 308 g/mol. The summed E-state index contributed by atoms with van der Waals surface area (Å²) in [5.74, 6) is 1.04. The van der Waals surface area contributed by atoms with Crippen LogP contribution < -0.4 is 0 Å². The van der Waals surface area contributed by atoms with E-state index in [1.54, 1.807) is 0 Å². The van der Waals surface area contributed by atoms with Crippen LogP contribution in [0.4, 0.5) is 0 Å². The van der Waals surface area contributed by atoms with Crippen molar-refractivity contribution in [1.82, 2.24) is 0 Å². The van der Waals surface area contributed by atoms with Gasteiger partial charge in [-0.15, -0.1) is 23.2 Å². The molecule has 0 N–H and O–H groups in total. The van der Waals surface area contributed by atoms with Gasteiger partial charge in [-0.25, -0.2) is 0 Å². The van der Waals surface area contributed by atoms with Gasteiger partial charge < -0.3 is 0 Å². The molecule has 0 aromatic heterocycles. The number of aryl methyl sites for hydroxylation is 3. The van der Waals surface area contributed by atoms with E-state index in [2.05, 4.69) is 41.5 Å². The highest BCUT2D eigenvalue weighted by atomic mass is 35.5. The third kappa shape index (κ3) is 2.05. The van der Waals surface area contributed by atoms with Crippen molar-refractivity contribution in [3.8, 4) is 0 Å². The average Bonchev–Trinajstić information content (AvgIpc) is 2.44. The summed E-state index contributed by atoms with van der Waals surface area (Å²) in [7, 11) is 0. The molecule has 0 aliphatic rings. The highest BCUT2D eigenvalue weighted by Gasteiger charge is 2.19. The predicted molar refractivity (Wildman–Crippen MR) is 91.5 cm³/mol. The lowest BCUT2D eigenvalue weighted by molar-refractivity contribution is 1.18. The minimum absolute atomic E-state index is 0.516. The van der Waals surface area contributed by atoms with Gasteiger partial charge in [-0.1, -0.05) is 0 Å². The molecular formula is C18H22Cl2. The molecule has 0 bridgehead atoms. The van der Waals surface area contributed by atoms with Gasteiger partial charge in [0.1, 0.15) is 0 Å². The molecule has 0 amide bonds. The molecule has 0 spiro atoms. The molecule has 0 atom stereocenters. The van der Waals surface area contributed by atoms with Crippen molar-refractivity contribution in [2.24, 2.45) is 0 Å². The topological polar surface area (TPSA) is 0 Å². The van der Waals surface area contributed by atoms with Crippen molar-refractivity contribution in [2.45, 2.75) is 53.3 Å². The molecule has 0 fully saturated rings. The maximum absolute atomic E-state index is 6.27. The van der Waals surface area contributed by atoms with Gasteiger partial charge in [-0.3, -0.25) is 0 Å². The van der Waals surface area contributed by atoms with Crippen molar-refractivity contribution in [3.63, 3.8) is 0 Å². The van der Waals surface area contributed by atoms with E-state index >= 15 is 0 Å². The molecule has 0 saturated carbocycles. The van der Waals surface area contributed by atoms with Crippen LogP contribution in [0.25, 0.3) is 10.8 Å². The summed E-state index contributed by atoms with van der Waals surface area (Å²) in [5.41, 5.74) is 10.5. The lowest BCUT2D eigenvalue weighted by Gasteiger charge is -2.22. The van der Waals surface area contributed by atoms with Crippen LogP contribution in [0.2, 0.25) is 0 Å². The van der Waals surface area contributed by atoms with Crippen LogP contribution in [0.5, 0.6) is 0 Å². The van der Waals surface area contributed by atoms with E-state index in [-0.39, 0.29) is 0 Å². The van der Waals surface area contributed by atoms with Gasteiger partial charge >= 0.3 is 0 Å². The molecule has 0 radical (unpaired) electrons. The van der Waals surface area contributed by atoms with Crippen LogP contribution in [0, 0.1) is 41.5 Å². The largest absolute Gasteiger partial charge is 0.122 e. The summed E-state index contributed by atoms with van der Waals surface area (Å²) in [6.45, 7) is 13.2. The van der Waals surface area contributed by atoms with Gasteiger partial charge in [0.05, 0.1) is 0 Å². The van der Waals surface area contributed by atoms with Gasteiger partial charge in [-0.05, 0) is 96.8 Å². The summed E-state index contributed by atoms with van der Waals surface area (Å²) in [5, 5.41) is 2.69. The van der Waals surface area contributed by atoms with Gasteiger partial charge in [0.2, 0.25) is 0 Å². The molecule has 0 nitrogen and oxygen atoms in total. The molecular weight excluding hydrogens is 287 g/mol. The van der Waals surface area contributed by atoms with E-state index in [4.69, 9.17) is 23.2 Å². The Kier molecular flexibility index (Phi) is 4.37. The maximum Gasteiger partial charge on any atom is 0.0483 e. The fourth-order valence-electron chi connectivity index (χ4n) is 3.28. The molecule has 20 heavy (non-hydrogen) atoms. The Balaban J connectivity index is 3.19. The van der Waals surface area contributed by atoms with Crippen molar-refractivity contribution in [1.29, 1.82) is 0 Å². The van der Waals surface area contributed by atoms with E-state index in [1.807, 2.05) is 0 Å². The first-order valence-electron chi connectivity index (χ1n) is 6.99. The predicted octanol–water partition coefficient (Wildman–Crippen LogP) is 6.17. The number of rotatable bonds is 2. The van der Waals surface area contributed by atoms with Gasteiger partial charge in [0.25, 0.3) is 0 Å². The normalized spacial score (nSPS) is 11.4. The molecule has 2 aromatic rings. The van der Waals surface area contributed by atoms with Crippen LogP contribution in [0.15, 0.2) is 0 Å². The van der Waals surface area contributed by atoms with Crippen molar-refractivity contribution < 1.29 is 0 Å².